The first-order valence-electron chi connectivity index (χ1n) is 10.3. The molecule has 0 unspecified atom stereocenters. The van der Waals surface area contributed by atoms with E-state index >= 15 is 0 Å². The normalized spacial score (nSPS) is 13.5. The summed E-state index contributed by atoms with van der Waals surface area (Å²) in [7, 11) is 3.04. The summed E-state index contributed by atoms with van der Waals surface area (Å²) in [5.41, 5.74) is 3.20. The third kappa shape index (κ3) is 4.43. The highest BCUT2D eigenvalue weighted by atomic mass is 19.1. The van der Waals surface area contributed by atoms with E-state index in [1.165, 1.54) is 43.4 Å². The fourth-order valence-corrected chi connectivity index (χ4v) is 3.65. The quantitative estimate of drug-likeness (QED) is 0.540. The fraction of sp³-hybridized carbons (Fsp3) is 0.154. The van der Waals surface area contributed by atoms with Gasteiger partial charge in [-0.2, -0.15) is 0 Å². The Hall–Kier alpha value is -4.13. The van der Waals surface area contributed by atoms with E-state index in [2.05, 4.69) is 5.32 Å². The number of imide groups is 1. The summed E-state index contributed by atoms with van der Waals surface area (Å²) >= 11 is 0. The predicted octanol–water partition coefficient (Wildman–Crippen LogP) is 4.54. The van der Waals surface area contributed by atoms with E-state index in [1.807, 2.05) is 31.2 Å². The maximum absolute atomic E-state index is 13.5. The van der Waals surface area contributed by atoms with Crippen LogP contribution in [0.4, 0.5) is 10.1 Å². The Bertz CT molecular complexity index is 1230. The molecule has 6 nitrogen and oxygen atoms in total. The molecule has 3 aromatic carbocycles. The monoisotopic (exact) mass is 446 g/mol. The van der Waals surface area contributed by atoms with Crippen LogP contribution in [-0.2, 0) is 16.1 Å². The van der Waals surface area contributed by atoms with Crippen LogP contribution in [0.15, 0.2) is 72.4 Å². The Kier molecular flexibility index (Phi) is 6.13. The third-order valence-corrected chi connectivity index (χ3v) is 5.42. The molecule has 7 heteroatoms. The Morgan fingerprint density at radius 2 is 1.52 bits per heavy atom. The van der Waals surface area contributed by atoms with Crippen molar-refractivity contribution < 1.29 is 23.5 Å². The van der Waals surface area contributed by atoms with Gasteiger partial charge in [0.2, 0.25) is 0 Å². The molecule has 1 heterocycles. The molecule has 1 N–H and O–H groups in total. The summed E-state index contributed by atoms with van der Waals surface area (Å²) in [6, 6.07) is 18.2. The summed E-state index contributed by atoms with van der Waals surface area (Å²) in [5, 5.41) is 3.07. The number of aryl methyl sites for hydroxylation is 1. The third-order valence-electron chi connectivity index (χ3n) is 5.42. The zero-order chi connectivity index (χ0) is 23.5. The van der Waals surface area contributed by atoms with Crippen molar-refractivity contribution in [2.45, 2.75) is 13.5 Å². The Labute approximate surface area is 191 Å². The minimum atomic E-state index is -0.463. The standard InChI is InChI=1S/C26H23FN2O4/c1-16-4-6-17(7-5-16)15-29-25(30)23(18-8-10-19(27)11-9-18)24(26(29)31)28-20-12-13-21(32-2)22(14-20)33-3/h4-14,28H,15H2,1-3H3. The van der Waals surface area contributed by atoms with Gasteiger partial charge in [-0.1, -0.05) is 42.0 Å². The highest BCUT2D eigenvalue weighted by Gasteiger charge is 2.39. The van der Waals surface area contributed by atoms with E-state index in [9.17, 15) is 14.0 Å². The molecule has 0 spiro atoms. The van der Waals surface area contributed by atoms with Crippen molar-refractivity contribution in [3.8, 4) is 11.5 Å². The maximum Gasteiger partial charge on any atom is 0.278 e. The van der Waals surface area contributed by atoms with Crippen molar-refractivity contribution in [3.05, 3.63) is 94.9 Å². The van der Waals surface area contributed by atoms with Crippen molar-refractivity contribution >= 4 is 23.1 Å². The van der Waals surface area contributed by atoms with E-state index in [4.69, 9.17) is 9.47 Å². The molecule has 0 bridgehead atoms. The molecule has 3 aromatic rings. The number of carbonyl (C=O) groups excluding carboxylic acids is 2. The van der Waals surface area contributed by atoms with Crippen molar-refractivity contribution in [1.29, 1.82) is 0 Å². The van der Waals surface area contributed by atoms with Crippen molar-refractivity contribution in [2.24, 2.45) is 0 Å². The highest BCUT2D eigenvalue weighted by Crippen LogP contribution is 2.34. The number of halogens is 1. The Morgan fingerprint density at radius 3 is 2.15 bits per heavy atom. The number of rotatable bonds is 7. The van der Waals surface area contributed by atoms with Crippen LogP contribution in [0.25, 0.3) is 5.57 Å². The lowest BCUT2D eigenvalue weighted by molar-refractivity contribution is -0.137. The first kappa shape index (κ1) is 22.1. The minimum absolute atomic E-state index is 0.117. The Morgan fingerprint density at radius 1 is 0.848 bits per heavy atom. The summed E-state index contributed by atoms with van der Waals surface area (Å²) < 4.78 is 24.1. The number of nitrogens with one attached hydrogen (secondary N) is 1. The second-order valence-electron chi connectivity index (χ2n) is 7.63. The van der Waals surface area contributed by atoms with Gasteiger partial charge in [-0.3, -0.25) is 14.5 Å². The molecular weight excluding hydrogens is 423 g/mol. The first-order valence-corrected chi connectivity index (χ1v) is 10.3. The van der Waals surface area contributed by atoms with Gasteiger partial charge in [-0.05, 0) is 42.3 Å². The summed E-state index contributed by atoms with van der Waals surface area (Å²) in [6.45, 7) is 2.09. The second kappa shape index (κ2) is 9.16. The molecule has 1 aliphatic heterocycles. The van der Waals surface area contributed by atoms with Crippen LogP contribution in [-0.4, -0.2) is 30.9 Å². The van der Waals surface area contributed by atoms with Gasteiger partial charge in [-0.25, -0.2) is 4.39 Å². The zero-order valence-corrected chi connectivity index (χ0v) is 18.5. The lowest BCUT2D eigenvalue weighted by Gasteiger charge is -2.16. The second-order valence-corrected chi connectivity index (χ2v) is 7.63. The van der Waals surface area contributed by atoms with E-state index in [0.717, 1.165) is 11.1 Å². The number of hydrogen-bond acceptors (Lipinski definition) is 5. The smallest absolute Gasteiger partial charge is 0.278 e. The number of amides is 2. The van der Waals surface area contributed by atoms with Crippen LogP contribution in [0.2, 0.25) is 0 Å². The van der Waals surface area contributed by atoms with Crippen LogP contribution in [0.5, 0.6) is 11.5 Å². The number of nitrogens with zero attached hydrogens (tertiary/aromatic N) is 1. The largest absolute Gasteiger partial charge is 0.493 e. The molecule has 0 saturated carbocycles. The predicted molar refractivity (Wildman–Crippen MR) is 123 cm³/mol. The number of ether oxygens (including phenoxy) is 2. The molecule has 0 radical (unpaired) electrons. The van der Waals surface area contributed by atoms with Gasteiger partial charge in [-0.15, -0.1) is 0 Å². The van der Waals surface area contributed by atoms with Crippen LogP contribution in [0, 0.1) is 12.7 Å². The number of hydrogen-bond donors (Lipinski definition) is 1. The summed E-state index contributed by atoms with van der Waals surface area (Å²) in [5.74, 6) is -0.336. The minimum Gasteiger partial charge on any atom is -0.493 e. The molecule has 0 saturated heterocycles. The van der Waals surface area contributed by atoms with Crippen molar-refractivity contribution in [1.82, 2.24) is 4.90 Å². The van der Waals surface area contributed by atoms with Gasteiger partial charge in [0.15, 0.2) is 11.5 Å². The van der Waals surface area contributed by atoms with Gasteiger partial charge in [0.25, 0.3) is 11.8 Å². The van der Waals surface area contributed by atoms with Crippen LogP contribution in [0.1, 0.15) is 16.7 Å². The van der Waals surface area contributed by atoms with Gasteiger partial charge in [0, 0.05) is 11.8 Å². The lowest BCUT2D eigenvalue weighted by atomic mass is 10.0. The number of benzene rings is 3. The van der Waals surface area contributed by atoms with Crippen LogP contribution in [0.3, 0.4) is 0 Å². The first-order chi connectivity index (χ1) is 15.9. The van der Waals surface area contributed by atoms with E-state index in [-0.39, 0.29) is 17.8 Å². The molecule has 33 heavy (non-hydrogen) atoms. The van der Waals surface area contributed by atoms with Gasteiger partial charge < -0.3 is 14.8 Å². The van der Waals surface area contributed by atoms with Crippen molar-refractivity contribution in [2.75, 3.05) is 19.5 Å². The average Bonchev–Trinajstić information content (AvgIpc) is 3.05. The number of anilines is 1. The van der Waals surface area contributed by atoms with Crippen LogP contribution < -0.4 is 14.8 Å². The van der Waals surface area contributed by atoms with Crippen LogP contribution >= 0.6 is 0 Å². The lowest BCUT2D eigenvalue weighted by Crippen LogP contribution is -2.32. The summed E-state index contributed by atoms with van der Waals surface area (Å²) in [4.78, 5) is 27.9. The molecule has 2 amide bonds. The number of methoxy groups -OCH3 is 2. The van der Waals surface area contributed by atoms with E-state index < -0.39 is 17.6 Å². The fourth-order valence-electron chi connectivity index (χ4n) is 3.65. The number of carbonyl (C=O) groups is 2. The molecule has 0 aliphatic carbocycles. The molecule has 0 fully saturated rings. The summed E-state index contributed by atoms with van der Waals surface area (Å²) in [6.07, 6.45) is 0. The molecular formula is C26H23FN2O4. The van der Waals surface area contributed by atoms with Gasteiger partial charge in [0.05, 0.1) is 26.3 Å². The maximum atomic E-state index is 13.5. The topological polar surface area (TPSA) is 67.9 Å². The SMILES string of the molecule is COc1ccc(NC2=C(c3ccc(F)cc3)C(=O)N(Cc3ccc(C)cc3)C2=O)cc1OC. The van der Waals surface area contributed by atoms with E-state index in [0.29, 0.717) is 22.7 Å². The molecule has 0 atom stereocenters. The highest BCUT2D eigenvalue weighted by molar-refractivity contribution is 6.36. The molecule has 168 valence electrons. The van der Waals surface area contributed by atoms with Gasteiger partial charge >= 0.3 is 0 Å². The van der Waals surface area contributed by atoms with E-state index in [1.54, 1.807) is 18.2 Å². The average molecular weight is 446 g/mol. The molecule has 4 rings (SSSR count). The zero-order valence-electron chi connectivity index (χ0n) is 18.5. The Balaban J connectivity index is 1.73. The molecule has 1 aliphatic rings. The van der Waals surface area contributed by atoms with Crippen molar-refractivity contribution in [3.63, 3.8) is 0 Å². The van der Waals surface area contributed by atoms with Gasteiger partial charge in [0.1, 0.15) is 11.5 Å². The molecule has 0 aromatic heterocycles.